The van der Waals surface area contributed by atoms with E-state index >= 15 is 0 Å². The summed E-state index contributed by atoms with van der Waals surface area (Å²) in [6.45, 7) is 15.2. The molecule has 0 aliphatic heterocycles. The zero-order valence-corrected chi connectivity index (χ0v) is 24.8. The van der Waals surface area contributed by atoms with Gasteiger partial charge in [-0.15, -0.1) is 0 Å². The minimum absolute atomic E-state index is 0.0103. The fourth-order valence-electron chi connectivity index (χ4n) is 5.38. The topological polar surface area (TPSA) is 92.5 Å². The van der Waals surface area contributed by atoms with Gasteiger partial charge < -0.3 is 24.9 Å². The molecule has 1 aliphatic carbocycles. The second kappa shape index (κ2) is 20.0. The Morgan fingerprint density at radius 3 is 1.68 bits per heavy atom. The Morgan fingerprint density at radius 1 is 0.842 bits per heavy atom. The van der Waals surface area contributed by atoms with Crippen LogP contribution in [0.3, 0.4) is 0 Å². The van der Waals surface area contributed by atoms with Crippen LogP contribution in [0.5, 0.6) is 0 Å². The average molecular weight is 533 g/mol. The van der Waals surface area contributed by atoms with E-state index in [1.165, 1.54) is 82.0 Å². The van der Waals surface area contributed by atoms with Gasteiger partial charge in [-0.05, 0) is 68.8 Å². The van der Waals surface area contributed by atoms with Crippen LogP contribution in [0.4, 0.5) is 0 Å². The second-order valence-electron chi connectivity index (χ2n) is 11.2. The Bertz CT molecular complexity index is 710. The van der Waals surface area contributed by atoms with Crippen LogP contribution >= 0.6 is 0 Å². The third kappa shape index (κ3) is 13.2. The first-order valence-electron chi connectivity index (χ1n) is 15.3. The number of ether oxygens (including phenoxy) is 1. The Kier molecular flexibility index (Phi) is 18.0. The minimum atomic E-state index is -1.01. The van der Waals surface area contributed by atoms with Crippen molar-refractivity contribution in [1.82, 2.24) is 0 Å². The number of rotatable bonds is 17. The van der Waals surface area contributed by atoms with Gasteiger partial charge in [-0.3, -0.25) is 4.79 Å². The predicted octanol–water partition coefficient (Wildman–Crippen LogP) is 5.62. The van der Waals surface area contributed by atoms with E-state index in [0.29, 0.717) is 25.7 Å². The van der Waals surface area contributed by atoms with Crippen molar-refractivity contribution in [2.45, 2.75) is 117 Å². The Labute approximate surface area is 232 Å². The summed E-state index contributed by atoms with van der Waals surface area (Å²) in [4.78, 5) is 22.7. The number of hydrogen-bond acceptors (Lipinski definition) is 5. The summed E-state index contributed by atoms with van der Waals surface area (Å²) < 4.78 is 6.64. The highest BCUT2D eigenvalue weighted by Crippen LogP contribution is 2.30. The van der Waals surface area contributed by atoms with E-state index in [9.17, 15) is 14.7 Å². The van der Waals surface area contributed by atoms with Crippen molar-refractivity contribution in [2.24, 2.45) is 17.6 Å². The maximum atomic E-state index is 12.0. The first-order valence-corrected chi connectivity index (χ1v) is 15.3. The monoisotopic (exact) mass is 532 g/mol. The largest absolute Gasteiger partial charge is 0.550 e. The number of unbranched alkanes of at least 4 members (excludes halogenated alkanes) is 4. The molecule has 1 aliphatic rings. The summed E-state index contributed by atoms with van der Waals surface area (Å²) in [5.41, 5.74) is 6.86. The van der Waals surface area contributed by atoms with Gasteiger partial charge >= 0.3 is 5.97 Å². The molecule has 1 fully saturated rings. The molecule has 0 saturated heterocycles. The minimum Gasteiger partial charge on any atom is -0.550 e. The Balaban J connectivity index is 0.000000391. The lowest BCUT2D eigenvalue weighted by Gasteiger charge is -2.39. The summed E-state index contributed by atoms with van der Waals surface area (Å²) in [6.07, 6.45) is 13.4. The first-order chi connectivity index (χ1) is 18.3. The van der Waals surface area contributed by atoms with Gasteiger partial charge in [0.25, 0.3) is 0 Å². The summed E-state index contributed by atoms with van der Waals surface area (Å²) in [7, 11) is 0. The number of carboxylic acid groups (broad SMARTS) is 1. The third-order valence-corrected chi connectivity index (χ3v) is 8.05. The average Bonchev–Trinajstić information content (AvgIpc) is 2.95. The number of aliphatic carboxylic acids is 1. The lowest BCUT2D eigenvalue weighted by molar-refractivity contribution is -0.929. The van der Waals surface area contributed by atoms with E-state index in [1.54, 1.807) is 0 Å². The van der Waals surface area contributed by atoms with Crippen LogP contribution in [-0.4, -0.2) is 48.6 Å². The van der Waals surface area contributed by atoms with Crippen LogP contribution in [0.1, 0.15) is 110 Å². The van der Waals surface area contributed by atoms with Crippen LogP contribution in [0, 0.1) is 11.8 Å². The Hall–Kier alpha value is -1.92. The molecule has 2 N–H and O–H groups in total. The van der Waals surface area contributed by atoms with Crippen LogP contribution in [0.15, 0.2) is 30.3 Å². The molecule has 1 aromatic carbocycles. The van der Waals surface area contributed by atoms with Gasteiger partial charge in [0.1, 0.15) is 12.6 Å². The number of nitrogens with zero attached hydrogens (tertiary/aromatic N) is 1. The van der Waals surface area contributed by atoms with Gasteiger partial charge in [0.05, 0.1) is 26.2 Å². The molecule has 38 heavy (non-hydrogen) atoms. The number of quaternary nitrogens is 1. The molecule has 1 aromatic rings. The number of hydrogen-bond donors (Lipinski definition) is 1. The molecule has 1 unspecified atom stereocenters. The SMILES string of the molecule is CCCC[N+](CCCC)(CCCC)CCCC.NC(C(=O)OCc1ccccc1)[C@H]1CC[C@H](C(=O)[O-])CC1. The van der Waals surface area contributed by atoms with E-state index in [1.807, 2.05) is 30.3 Å². The standard InChI is InChI=1S/C16H21NO4.C16H36N/c17-14(12-6-8-13(9-7-12)15(18)19)16(20)21-10-11-4-2-1-3-5-11;1-5-9-13-17(14-10-6-2,15-11-7-3)16-12-8-4/h1-5,12-14H,6-10,17H2,(H,18,19);5-16H2,1-4H3/q;+1/p-1/t12-,13-,14?;. The lowest BCUT2D eigenvalue weighted by Crippen LogP contribution is -2.50. The number of carbonyl (C=O) groups excluding carboxylic acids is 2. The van der Waals surface area contributed by atoms with Crippen LogP contribution in [-0.2, 0) is 20.9 Å². The highest BCUT2D eigenvalue weighted by Gasteiger charge is 2.31. The molecule has 6 heteroatoms. The molecule has 1 atom stereocenters. The van der Waals surface area contributed by atoms with E-state index in [-0.39, 0.29) is 12.5 Å². The highest BCUT2D eigenvalue weighted by atomic mass is 16.5. The first kappa shape index (κ1) is 34.1. The molecule has 218 valence electrons. The summed E-state index contributed by atoms with van der Waals surface area (Å²) in [6, 6.07) is 8.73. The zero-order valence-electron chi connectivity index (χ0n) is 24.8. The second-order valence-corrected chi connectivity index (χ2v) is 11.2. The fraction of sp³-hybridized carbons (Fsp3) is 0.750. The number of benzene rings is 1. The maximum absolute atomic E-state index is 12.0. The van der Waals surface area contributed by atoms with Crippen molar-refractivity contribution in [3.05, 3.63) is 35.9 Å². The van der Waals surface area contributed by atoms with Gasteiger partial charge in [0, 0.05) is 5.97 Å². The molecule has 0 radical (unpaired) electrons. The van der Waals surface area contributed by atoms with Crippen LogP contribution < -0.4 is 10.8 Å². The molecular weight excluding hydrogens is 476 g/mol. The van der Waals surface area contributed by atoms with E-state index in [2.05, 4.69) is 27.7 Å². The predicted molar refractivity (Wildman–Crippen MR) is 154 cm³/mol. The van der Waals surface area contributed by atoms with Crippen LogP contribution in [0.25, 0.3) is 0 Å². The van der Waals surface area contributed by atoms with Crippen molar-refractivity contribution in [2.75, 3.05) is 26.2 Å². The molecule has 6 nitrogen and oxygen atoms in total. The zero-order chi connectivity index (χ0) is 28.2. The number of carboxylic acids is 1. The summed E-state index contributed by atoms with van der Waals surface area (Å²) in [5, 5.41) is 10.8. The molecule has 2 rings (SSSR count). The van der Waals surface area contributed by atoms with E-state index in [0.717, 1.165) is 5.56 Å². The van der Waals surface area contributed by atoms with Gasteiger partial charge in [-0.25, -0.2) is 0 Å². The molecule has 0 amide bonds. The van der Waals surface area contributed by atoms with Crippen molar-refractivity contribution < 1.29 is 23.9 Å². The highest BCUT2D eigenvalue weighted by molar-refractivity contribution is 5.76. The van der Waals surface area contributed by atoms with Crippen molar-refractivity contribution in [3.63, 3.8) is 0 Å². The van der Waals surface area contributed by atoms with Gasteiger partial charge in [-0.2, -0.15) is 0 Å². The van der Waals surface area contributed by atoms with E-state index < -0.39 is 23.9 Å². The van der Waals surface area contributed by atoms with Crippen molar-refractivity contribution >= 4 is 11.9 Å². The molecule has 1 saturated carbocycles. The number of carbonyl (C=O) groups is 2. The van der Waals surface area contributed by atoms with E-state index in [4.69, 9.17) is 10.5 Å². The lowest BCUT2D eigenvalue weighted by atomic mass is 9.79. The van der Waals surface area contributed by atoms with Crippen molar-refractivity contribution in [1.29, 1.82) is 0 Å². The summed E-state index contributed by atoms with van der Waals surface area (Å²) >= 11 is 0. The quantitative estimate of drug-likeness (QED) is 0.208. The molecule has 0 heterocycles. The fourth-order valence-corrected chi connectivity index (χ4v) is 5.38. The maximum Gasteiger partial charge on any atom is 0.323 e. The molecule has 0 bridgehead atoms. The number of esters is 1. The normalized spacial score (nSPS) is 18.2. The third-order valence-electron chi connectivity index (χ3n) is 8.05. The number of nitrogens with two attached hydrogens (primary N) is 1. The van der Waals surface area contributed by atoms with Gasteiger partial charge in [0.15, 0.2) is 0 Å². The molecule has 0 aromatic heterocycles. The van der Waals surface area contributed by atoms with Crippen LogP contribution in [0.2, 0.25) is 0 Å². The molecular formula is C32H56N2O4. The van der Waals surface area contributed by atoms with Gasteiger partial charge in [-0.1, -0.05) is 83.7 Å². The van der Waals surface area contributed by atoms with Gasteiger partial charge in [0.2, 0.25) is 0 Å². The Morgan fingerprint density at radius 2 is 1.29 bits per heavy atom. The van der Waals surface area contributed by atoms with Crippen molar-refractivity contribution in [3.8, 4) is 0 Å². The smallest absolute Gasteiger partial charge is 0.323 e. The molecule has 0 spiro atoms. The summed E-state index contributed by atoms with van der Waals surface area (Å²) in [5.74, 6) is -1.85.